The smallest absolute Gasteiger partial charge is 0.190 e. The van der Waals surface area contributed by atoms with Crippen LogP contribution in [0.2, 0.25) is 5.02 Å². The molecule has 0 unspecified atom stereocenters. The highest BCUT2D eigenvalue weighted by Crippen LogP contribution is 2.16. The summed E-state index contributed by atoms with van der Waals surface area (Å²) in [5.74, 6) is 0. The summed E-state index contributed by atoms with van der Waals surface area (Å²) < 4.78 is 3.22. The molecule has 0 fully saturated rings. The molecule has 0 saturated carbocycles. The third-order valence-corrected chi connectivity index (χ3v) is 1.85. The maximum absolute atomic E-state index is 5.89. The lowest BCUT2D eigenvalue weighted by atomic mass is 10.6. The van der Waals surface area contributed by atoms with Gasteiger partial charge in [0, 0.05) is 6.20 Å². The molecule has 2 aromatic heterocycles. The quantitative estimate of drug-likeness (QED) is 0.705. The van der Waals surface area contributed by atoms with Crippen LogP contribution in [0.3, 0.4) is 0 Å². The van der Waals surface area contributed by atoms with E-state index in [1.165, 1.54) is 0 Å². The van der Waals surface area contributed by atoms with E-state index in [1.807, 2.05) is 6.92 Å². The first-order chi connectivity index (χ1) is 5.83. The Bertz CT molecular complexity index is 392. The maximum Gasteiger partial charge on any atom is 0.190 e. The Hall–Kier alpha value is -1.16. The van der Waals surface area contributed by atoms with Crippen LogP contribution in [0.5, 0.6) is 0 Å². The van der Waals surface area contributed by atoms with Gasteiger partial charge < -0.3 is 4.84 Å². The van der Waals surface area contributed by atoms with Gasteiger partial charge in [-0.3, -0.25) is 0 Å². The van der Waals surface area contributed by atoms with Crippen molar-refractivity contribution in [3.05, 3.63) is 23.6 Å². The van der Waals surface area contributed by atoms with Gasteiger partial charge in [-0.25, -0.2) is 4.52 Å². The van der Waals surface area contributed by atoms with E-state index in [0.29, 0.717) is 11.6 Å². The standard InChI is InChI=1S/C7H8ClN3O/c1-2-12-11-5-9-10-4-3-6(8)7(10)11/h3-5H,2H2,1H3. The van der Waals surface area contributed by atoms with Crippen molar-refractivity contribution in [2.24, 2.45) is 0 Å². The average Bonchev–Trinajstić information content (AvgIpc) is 2.58. The van der Waals surface area contributed by atoms with Gasteiger partial charge in [0.2, 0.25) is 0 Å². The first-order valence-corrected chi connectivity index (χ1v) is 4.04. The molecule has 0 aliphatic carbocycles. The lowest BCUT2D eigenvalue weighted by Crippen LogP contribution is -2.08. The third kappa shape index (κ3) is 0.956. The predicted molar refractivity (Wildman–Crippen MR) is 45.3 cm³/mol. The molecule has 0 atom stereocenters. The molecule has 12 heavy (non-hydrogen) atoms. The summed E-state index contributed by atoms with van der Waals surface area (Å²) in [4.78, 5) is 5.25. The van der Waals surface area contributed by atoms with Crippen molar-refractivity contribution >= 4 is 17.2 Å². The number of hydrogen-bond donors (Lipinski definition) is 0. The van der Waals surface area contributed by atoms with Gasteiger partial charge in [-0.15, -0.1) is 0 Å². The molecule has 64 valence electrons. The van der Waals surface area contributed by atoms with E-state index in [0.717, 1.165) is 5.65 Å². The van der Waals surface area contributed by atoms with Crippen LogP contribution in [-0.2, 0) is 0 Å². The zero-order chi connectivity index (χ0) is 8.55. The van der Waals surface area contributed by atoms with Crippen LogP contribution in [-0.4, -0.2) is 21.0 Å². The molecule has 0 amide bonds. The van der Waals surface area contributed by atoms with Gasteiger partial charge in [-0.1, -0.05) is 11.6 Å². The van der Waals surface area contributed by atoms with Gasteiger partial charge in [0.1, 0.15) is 6.61 Å². The number of rotatable bonds is 2. The first-order valence-electron chi connectivity index (χ1n) is 3.66. The van der Waals surface area contributed by atoms with Crippen LogP contribution < -0.4 is 4.84 Å². The maximum atomic E-state index is 5.89. The molecule has 0 aliphatic rings. The molecule has 2 aromatic rings. The van der Waals surface area contributed by atoms with Crippen molar-refractivity contribution in [1.29, 1.82) is 0 Å². The van der Waals surface area contributed by atoms with E-state index in [1.54, 1.807) is 27.8 Å². The molecule has 2 rings (SSSR count). The van der Waals surface area contributed by atoms with E-state index in [4.69, 9.17) is 16.4 Å². The second-order valence-electron chi connectivity index (χ2n) is 2.31. The molecule has 0 saturated heterocycles. The molecule has 0 aliphatic heterocycles. The minimum atomic E-state index is 0.591. The summed E-state index contributed by atoms with van der Waals surface area (Å²) in [6.45, 7) is 2.50. The Kier molecular flexibility index (Phi) is 1.69. The Labute approximate surface area is 74.3 Å². The van der Waals surface area contributed by atoms with E-state index >= 15 is 0 Å². The molecular weight excluding hydrogens is 178 g/mol. The van der Waals surface area contributed by atoms with Gasteiger partial charge in [0.15, 0.2) is 12.0 Å². The molecular formula is C7H8ClN3O. The summed E-state index contributed by atoms with van der Waals surface area (Å²) >= 11 is 5.89. The van der Waals surface area contributed by atoms with E-state index in [9.17, 15) is 0 Å². The fraction of sp³-hybridized carbons (Fsp3) is 0.286. The zero-order valence-electron chi connectivity index (χ0n) is 6.57. The molecule has 0 bridgehead atoms. The second-order valence-corrected chi connectivity index (χ2v) is 2.71. The predicted octanol–water partition coefficient (Wildman–Crippen LogP) is 1.24. The molecule has 4 nitrogen and oxygen atoms in total. The van der Waals surface area contributed by atoms with Crippen molar-refractivity contribution in [1.82, 2.24) is 14.3 Å². The summed E-state index contributed by atoms with van der Waals surface area (Å²) in [7, 11) is 0. The SMILES string of the molecule is CCOn1cnn2ccc(Cl)c12. The first kappa shape index (κ1) is 7.49. The van der Waals surface area contributed by atoms with Crippen LogP contribution in [0.15, 0.2) is 18.6 Å². The Morgan fingerprint density at radius 1 is 1.67 bits per heavy atom. The molecule has 5 heteroatoms. The number of aromatic nitrogens is 3. The number of hydrogen-bond acceptors (Lipinski definition) is 2. The minimum Gasteiger partial charge on any atom is -0.411 e. The fourth-order valence-electron chi connectivity index (χ4n) is 1.08. The number of halogens is 1. The lowest BCUT2D eigenvalue weighted by molar-refractivity contribution is 0.130. The fourth-order valence-corrected chi connectivity index (χ4v) is 1.31. The average molecular weight is 186 g/mol. The van der Waals surface area contributed by atoms with Crippen LogP contribution in [0.25, 0.3) is 5.65 Å². The Morgan fingerprint density at radius 2 is 2.50 bits per heavy atom. The normalized spacial score (nSPS) is 10.8. The largest absolute Gasteiger partial charge is 0.411 e. The van der Waals surface area contributed by atoms with E-state index in [-0.39, 0.29) is 0 Å². The molecule has 2 heterocycles. The molecule has 0 spiro atoms. The van der Waals surface area contributed by atoms with E-state index < -0.39 is 0 Å². The van der Waals surface area contributed by atoms with Crippen molar-refractivity contribution in [2.75, 3.05) is 6.61 Å². The van der Waals surface area contributed by atoms with Gasteiger partial charge in [-0.05, 0) is 13.0 Å². The monoisotopic (exact) mass is 185 g/mol. The van der Waals surface area contributed by atoms with Crippen molar-refractivity contribution in [3.63, 3.8) is 0 Å². The highest BCUT2D eigenvalue weighted by Gasteiger charge is 2.06. The van der Waals surface area contributed by atoms with Crippen LogP contribution in [0, 0.1) is 0 Å². The topological polar surface area (TPSA) is 31.5 Å². The van der Waals surface area contributed by atoms with Crippen molar-refractivity contribution < 1.29 is 4.84 Å². The molecule has 0 aromatic carbocycles. The third-order valence-electron chi connectivity index (χ3n) is 1.55. The van der Waals surface area contributed by atoms with Crippen LogP contribution in [0.1, 0.15) is 6.92 Å². The summed E-state index contributed by atoms with van der Waals surface area (Å²) in [5.41, 5.74) is 0.763. The molecule has 0 radical (unpaired) electrons. The molecule has 0 N–H and O–H groups in total. The Morgan fingerprint density at radius 3 is 3.25 bits per heavy atom. The van der Waals surface area contributed by atoms with Gasteiger partial charge in [-0.2, -0.15) is 9.83 Å². The Balaban J connectivity index is 2.59. The zero-order valence-corrected chi connectivity index (χ0v) is 7.32. The van der Waals surface area contributed by atoms with Gasteiger partial charge in [0.25, 0.3) is 0 Å². The van der Waals surface area contributed by atoms with Crippen LogP contribution >= 0.6 is 11.6 Å². The summed E-state index contributed by atoms with van der Waals surface area (Å²) in [6, 6.07) is 1.78. The van der Waals surface area contributed by atoms with Gasteiger partial charge >= 0.3 is 0 Å². The minimum absolute atomic E-state index is 0.591. The van der Waals surface area contributed by atoms with Crippen molar-refractivity contribution in [3.8, 4) is 0 Å². The lowest BCUT2D eigenvalue weighted by Gasteiger charge is -2.01. The van der Waals surface area contributed by atoms with Crippen molar-refractivity contribution in [2.45, 2.75) is 6.92 Å². The van der Waals surface area contributed by atoms with E-state index in [2.05, 4.69) is 5.10 Å². The summed E-state index contributed by atoms with van der Waals surface area (Å²) in [6.07, 6.45) is 3.37. The van der Waals surface area contributed by atoms with Crippen LogP contribution in [0.4, 0.5) is 0 Å². The highest BCUT2D eigenvalue weighted by molar-refractivity contribution is 6.33. The number of fused-ring (bicyclic) bond motifs is 1. The summed E-state index contributed by atoms with van der Waals surface area (Å²) in [5, 5.41) is 4.67. The second kappa shape index (κ2) is 2.71. The highest BCUT2D eigenvalue weighted by atomic mass is 35.5. The number of nitrogens with zero attached hydrogens (tertiary/aromatic N) is 3. The van der Waals surface area contributed by atoms with Gasteiger partial charge in [0.05, 0.1) is 5.02 Å².